The largest absolute Gasteiger partial charge is 0.364 e. The molecule has 1 radical (unpaired) electrons. The number of pyridine rings is 1. The molecule has 2 aromatic rings. The van der Waals surface area contributed by atoms with Crippen LogP contribution in [-0.4, -0.2) is 10.9 Å². The Hall–Kier alpha value is -1.25. The number of carbonyl (C=O) groups excluding carboxylic acids is 1. The molecule has 0 spiro atoms. The van der Waals surface area contributed by atoms with Gasteiger partial charge in [-0.25, -0.2) is 4.98 Å². The summed E-state index contributed by atoms with van der Waals surface area (Å²) in [7, 11) is 0. The first-order chi connectivity index (χ1) is 6.27. The fourth-order valence-corrected chi connectivity index (χ4v) is 1.20. The molecular weight excluding hydrogens is 356 g/mol. The minimum absolute atomic E-state index is 0. The van der Waals surface area contributed by atoms with E-state index in [0.717, 1.165) is 10.9 Å². The fourth-order valence-electron chi connectivity index (χ4n) is 1.20. The van der Waals surface area contributed by atoms with Gasteiger partial charge in [0, 0.05) is 25.5 Å². The molecule has 2 rings (SSSR count). The van der Waals surface area contributed by atoms with Crippen molar-refractivity contribution in [1.82, 2.24) is 4.98 Å². The molecular formula is C10H8IrN2O. The minimum Gasteiger partial charge on any atom is -0.364 e. The minimum atomic E-state index is -0.495. The van der Waals surface area contributed by atoms with E-state index < -0.39 is 5.91 Å². The van der Waals surface area contributed by atoms with Gasteiger partial charge in [-0.2, -0.15) is 0 Å². The van der Waals surface area contributed by atoms with E-state index in [2.05, 4.69) is 4.98 Å². The number of primary amides is 1. The van der Waals surface area contributed by atoms with Crippen molar-refractivity contribution in [2.75, 3.05) is 0 Å². The van der Waals surface area contributed by atoms with Crippen LogP contribution >= 0.6 is 0 Å². The van der Waals surface area contributed by atoms with Crippen LogP contribution in [0.25, 0.3) is 10.9 Å². The molecule has 0 saturated heterocycles. The standard InChI is InChI=1S/C10H8N2O.Ir/c11-10(13)9-6-5-7-3-1-2-4-8(7)12-9;/h1-6H,(H2,11,13);. The van der Waals surface area contributed by atoms with Gasteiger partial charge in [0.05, 0.1) is 5.52 Å². The number of nitrogens with two attached hydrogens (primary N) is 1. The van der Waals surface area contributed by atoms with E-state index in [0.29, 0.717) is 5.69 Å². The molecule has 1 amide bonds. The number of hydrogen-bond donors (Lipinski definition) is 1. The molecule has 4 heteroatoms. The van der Waals surface area contributed by atoms with E-state index in [-0.39, 0.29) is 20.1 Å². The first kappa shape index (κ1) is 10.8. The molecule has 2 N–H and O–H groups in total. The fraction of sp³-hybridized carbons (Fsp3) is 0. The maximum atomic E-state index is 10.8. The van der Waals surface area contributed by atoms with Crippen LogP contribution in [0.4, 0.5) is 0 Å². The van der Waals surface area contributed by atoms with Gasteiger partial charge in [-0.05, 0) is 12.1 Å². The molecule has 14 heavy (non-hydrogen) atoms. The van der Waals surface area contributed by atoms with Gasteiger partial charge in [-0.1, -0.05) is 24.3 Å². The molecule has 1 heterocycles. The summed E-state index contributed by atoms with van der Waals surface area (Å²) >= 11 is 0. The van der Waals surface area contributed by atoms with E-state index >= 15 is 0 Å². The predicted octanol–water partition coefficient (Wildman–Crippen LogP) is 1.33. The van der Waals surface area contributed by atoms with Crippen LogP contribution in [-0.2, 0) is 20.1 Å². The van der Waals surface area contributed by atoms with Crippen molar-refractivity contribution in [1.29, 1.82) is 0 Å². The predicted molar refractivity (Wildman–Crippen MR) is 50.3 cm³/mol. The van der Waals surface area contributed by atoms with Crippen molar-refractivity contribution < 1.29 is 24.9 Å². The summed E-state index contributed by atoms with van der Waals surface area (Å²) in [5, 5.41) is 1.01. The summed E-state index contributed by atoms with van der Waals surface area (Å²) < 4.78 is 0. The third-order valence-electron chi connectivity index (χ3n) is 1.85. The van der Waals surface area contributed by atoms with Gasteiger partial charge < -0.3 is 5.73 Å². The average molecular weight is 364 g/mol. The maximum Gasteiger partial charge on any atom is 0.267 e. The second-order valence-corrected chi connectivity index (χ2v) is 2.75. The van der Waals surface area contributed by atoms with Crippen LogP contribution in [0.1, 0.15) is 10.5 Å². The number of benzene rings is 1. The molecule has 3 nitrogen and oxygen atoms in total. The summed E-state index contributed by atoms with van der Waals surface area (Å²) in [6.07, 6.45) is 0. The Labute approximate surface area is 94.7 Å². The van der Waals surface area contributed by atoms with Crippen molar-refractivity contribution in [2.45, 2.75) is 0 Å². The van der Waals surface area contributed by atoms with E-state index in [9.17, 15) is 4.79 Å². The Morgan fingerprint density at radius 2 is 1.86 bits per heavy atom. The zero-order chi connectivity index (χ0) is 9.26. The van der Waals surface area contributed by atoms with Crippen LogP contribution in [0.3, 0.4) is 0 Å². The quantitative estimate of drug-likeness (QED) is 0.830. The zero-order valence-electron chi connectivity index (χ0n) is 7.23. The van der Waals surface area contributed by atoms with Crippen LogP contribution in [0.5, 0.6) is 0 Å². The van der Waals surface area contributed by atoms with Crippen LogP contribution in [0, 0.1) is 0 Å². The van der Waals surface area contributed by atoms with Gasteiger partial charge >= 0.3 is 0 Å². The molecule has 0 atom stereocenters. The molecule has 0 aliphatic rings. The van der Waals surface area contributed by atoms with E-state index in [1.807, 2.05) is 30.3 Å². The number of rotatable bonds is 1. The topological polar surface area (TPSA) is 56.0 Å². The van der Waals surface area contributed by atoms with Gasteiger partial charge in [0.1, 0.15) is 5.69 Å². The SMILES string of the molecule is NC(=O)c1ccc2ccccc2n1.[Ir]. The summed E-state index contributed by atoms with van der Waals surface area (Å²) in [5.74, 6) is -0.495. The molecule has 0 bridgehead atoms. The average Bonchev–Trinajstić information content (AvgIpc) is 2.17. The van der Waals surface area contributed by atoms with Gasteiger partial charge in [-0.3, -0.25) is 4.79 Å². The molecule has 1 aromatic heterocycles. The van der Waals surface area contributed by atoms with Gasteiger partial charge in [-0.15, -0.1) is 0 Å². The molecule has 0 unspecified atom stereocenters. The zero-order valence-corrected chi connectivity index (χ0v) is 9.63. The van der Waals surface area contributed by atoms with Crippen molar-refractivity contribution >= 4 is 16.8 Å². The Morgan fingerprint density at radius 1 is 1.14 bits per heavy atom. The van der Waals surface area contributed by atoms with Crippen molar-refractivity contribution in [3.8, 4) is 0 Å². The summed E-state index contributed by atoms with van der Waals surface area (Å²) in [4.78, 5) is 14.9. The van der Waals surface area contributed by atoms with Gasteiger partial charge in [0.2, 0.25) is 0 Å². The van der Waals surface area contributed by atoms with Crippen molar-refractivity contribution in [2.24, 2.45) is 5.73 Å². The molecule has 0 saturated carbocycles. The molecule has 1 aromatic carbocycles. The molecule has 73 valence electrons. The second kappa shape index (κ2) is 4.31. The maximum absolute atomic E-state index is 10.8. The van der Waals surface area contributed by atoms with E-state index in [4.69, 9.17) is 5.73 Å². The number of aromatic nitrogens is 1. The van der Waals surface area contributed by atoms with Gasteiger partial charge in [0.25, 0.3) is 5.91 Å². The molecule has 0 fully saturated rings. The number of amides is 1. The number of hydrogen-bond acceptors (Lipinski definition) is 2. The Bertz CT molecular complexity index is 470. The first-order valence-electron chi connectivity index (χ1n) is 3.93. The van der Waals surface area contributed by atoms with Crippen molar-refractivity contribution in [3.05, 3.63) is 42.1 Å². The number of nitrogens with zero attached hydrogens (tertiary/aromatic N) is 1. The first-order valence-corrected chi connectivity index (χ1v) is 3.93. The Balaban J connectivity index is 0.000000980. The molecule has 0 aliphatic heterocycles. The smallest absolute Gasteiger partial charge is 0.267 e. The Morgan fingerprint density at radius 3 is 2.57 bits per heavy atom. The van der Waals surface area contributed by atoms with Crippen LogP contribution in [0.15, 0.2) is 36.4 Å². The number of fused-ring (bicyclic) bond motifs is 1. The molecule has 0 aliphatic carbocycles. The monoisotopic (exact) mass is 365 g/mol. The summed E-state index contributed by atoms with van der Waals surface area (Å²) in [6, 6.07) is 11.1. The van der Waals surface area contributed by atoms with Gasteiger partial charge in [0.15, 0.2) is 0 Å². The number of para-hydroxylation sites is 1. The third kappa shape index (κ3) is 1.97. The Kier molecular flexibility index (Phi) is 3.33. The number of carbonyl (C=O) groups is 1. The second-order valence-electron chi connectivity index (χ2n) is 2.75. The van der Waals surface area contributed by atoms with E-state index in [1.165, 1.54) is 0 Å². The van der Waals surface area contributed by atoms with Crippen LogP contribution in [0.2, 0.25) is 0 Å². The summed E-state index contributed by atoms with van der Waals surface area (Å²) in [5.41, 5.74) is 6.20. The van der Waals surface area contributed by atoms with E-state index in [1.54, 1.807) is 6.07 Å². The van der Waals surface area contributed by atoms with Crippen LogP contribution < -0.4 is 5.73 Å². The normalized spacial score (nSPS) is 9.43. The summed E-state index contributed by atoms with van der Waals surface area (Å²) in [6.45, 7) is 0. The van der Waals surface area contributed by atoms with Crippen molar-refractivity contribution in [3.63, 3.8) is 0 Å². The third-order valence-corrected chi connectivity index (χ3v) is 1.85.